The topological polar surface area (TPSA) is 75.3 Å². The Labute approximate surface area is 156 Å². The molecule has 27 heavy (non-hydrogen) atoms. The summed E-state index contributed by atoms with van der Waals surface area (Å²) in [4.78, 5) is 27.0. The van der Waals surface area contributed by atoms with Gasteiger partial charge in [-0.2, -0.15) is 5.10 Å². The van der Waals surface area contributed by atoms with Gasteiger partial charge in [-0.3, -0.25) is 14.7 Å². The van der Waals surface area contributed by atoms with E-state index >= 15 is 0 Å². The Morgan fingerprint density at radius 3 is 2.56 bits per heavy atom. The monoisotopic (exact) mass is 363 g/mol. The van der Waals surface area contributed by atoms with Gasteiger partial charge in [-0.25, -0.2) is 0 Å². The summed E-state index contributed by atoms with van der Waals surface area (Å²) in [5.41, 5.74) is 1.41. The second kappa shape index (κ2) is 7.72. The zero-order valence-electron chi connectivity index (χ0n) is 14.9. The van der Waals surface area contributed by atoms with Gasteiger partial charge in [0.2, 0.25) is 5.43 Å². The fourth-order valence-electron chi connectivity index (χ4n) is 3.38. The average Bonchev–Trinajstić information content (AvgIpc) is 2.73. The number of rotatable bonds is 4. The fraction of sp³-hybridized carbons (Fsp3) is 0.286. The standard InChI is InChI=1S/C21H21N3O3/c25-20-17-8-4-5-9-18(17)22-23-19(20)21(26)24-12-10-16(11-13-24)27-14-15-6-2-1-3-7-15/h1-9,16H,10-14H2,(H,22,25). The predicted molar refractivity (Wildman–Crippen MR) is 103 cm³/mol. The minimum absolute atomic E-state index is 0.0441. The number of piperidine rings is 1. The van der Waals surface area contributed by atoms with Gasteiger partial charge in [0.25, 0.3) is 5.91 Å². The third kappa shape index (κ3) is 3.75. The summed E-state index contributed by atoms with van der Waals surface area (Å²) in [6.07, 6.45) is 1.63. The van der Waals surface area contributed by atoms with E-state index in [4.69, 9.17) is 4.74 Å². The molecule has 2 heterocycles. The first-order chi connectivity index (χ1) is 13.2. The highest BCUT2D eigenvalue weighted by Gasteiger charge is 2.27. The highest BCUT2D eigenvalue weighted by molar-refractivity contribution is 5.95. The van der Waals surface area contributed by atoms with Crippen LogP contribution in [0.1, 0.15) is 28.9 Å². The number of likely N-dealkylation sites (tertiary alicyclic amines) is 1. The molecule has 138 valence electrons. The van der Waals surface area contributed by atoms with Crippen LogP contribution in [-0.2, 0) is 11.3 Å². The van der Waals surface area contributed by atoms with E-state index in [1.165, 1.54) is 0 Å². The summed E-state index contributed by atoms with van der Waals surface area (Å²) < 4.78 is 5.96. The molecule has 3 aromatic rings. The van der Waals surface area contributed by atoms with Crippen molar-refractivity contribution in [1.82, 2.24) is 15.1 Å². The molecule has 0 radical (unpaired) electrons. The lowest BCUT2D eigenvalue weighted by atomic mass is 10.1. The van der Waals surface area contributed by atoms with Crippen molar-refractivity contribution in [3.8, 4) is 0 Å². The number of hydrogen-bond donors (Lipinski definition) is 1. The normalized spacial score (nSPS) is 15.2. The van der Waals surface area contributed by atoms with Gasteiger partial charge in [-0.15, -0.1) is 0 Å². The van der Waals surface area contributed by atoms with E-state index in [2.05, 4.69) is 10.2 Å². The Morgan fingerprint density at radius 2 is 1.78 bits per heavy atom. The number of ether oxygens (including phenoxy) is 1. The lowest BCUT2D eigenvalue weighted by Crippen LogP contribution is -2.42. The summed E-state index contributed by atoms with van der Waals surface area (Å²) in [6.45, 7) is 1.70. The number of aromatic amines is 1. The number of amides is 1. The van der Waals surface area contributed by atoms with Gasteiger partial charge in [-0.05, 0) is 30.5 Å². The number of carbonyl (C=O) groups excluding carboxylic acids is 1. The zero-order valence-corrected chi connectivity index (χ0v) is 14.9. The van der Waals surface area contributed by atoms with Crippen molar-refractivity contribution in [2.24, 2.45) is 0 Å². The van der Waals surface area contributed by atoms with Crippen molar-refractivity contribution in [2.75, 3.05) is 13.1 Å². The first-order valence-electron chi connectivity index (χ1n) is 9.14. The largest absolute Gasteiger partial charge is 0.373 e. The molecule has 0 saturated carbocycles. The molecule has 2 aromatic carbocycles. The number of hydrogen-bond acceptors (Lipinski definition) is 4. The lowest BCUT2D eigenvalue weighted by molar-refractivity contribution is -0.000555. The number of benzene rings is 2. The number of nitrogens with one attached hydrogen (secondary N) is 1. The van der Waals surface area contributed by atoms with Gasteiger partial charge in [0.1, 0.15) is 0 Å². The summed E-state index contributed by atoms with van der Waals surface area (Å²) in [5, 5.41) is 7.31. The van der Waals surface area contributed by atoms with E-state index in [0.717, 1.165) is 18.4 Å². The maximum Gasteiger partial charge on any atom is 0.278 e. The van der Waals surface area contributed by atoms with Gasteiger partial charge in [-0.1, -0.05) is 42.5 Å². The van der Waals surface area contributed by atoms with Crippen LogP contribution in [0.4, 0.5) is 0 Å². The quantitative estimate of drug-likeness (QED) is 0.773. The maximum atomic E-state index is 12.8. The van der Waals surface area contributed by atoms with Crippen molar-refractivity contribution < 1.29 is 9.53 Å². The van der Waals surface area contributed by atoms with E-state index in [1.807, 2.05) is 36.4 Å². The van der Waals surface area contributed by atoms with Crippen LogP contribution < -0.4 is 5.43 Å². The first-order valence-corrected chi connectivity index (χ1v) is 9.14. The third-order valence-electron chi connectivity index (χ3n) is 4.94. The van der Waals surface area contributed by atoms with Crippen molar-refractivity contribution in [3.05, 3.63) is 76.1 Å². The van der Waals surface area contributed by atoms with Crippen LogP contribution >= 0.6 is 0 Å². The molecule has 1 aliphatic heterocycles. The van der Waals surface area contributed by atoms with E-state index in [-0.39, 0.29) is 23.1 Å². The molecule has 1 fully saturated rings. The second-order valence-electron chi connectivity index (χ2n) is 6.74. The summed E-state index contributed by atoms with van der Waals surface area (Å²) in [7, 11) is 0. The summed E-state index contributed by atoms with van der Waals surface area (Å²) in [5.74, 6) is -0.316. The molecule has 0 bridgehead atoms. The number of carbonyl (C=O) groups is 1. The van der Waals surface area contributed by atoms with Gasteiger partial charge in [0, 0.05) is 18.5 Å². The molecule has 1 amide bonds. The van der Waals surface area contributed by atoms with Crippen molar-refractivity contribution >= 4 is 16.8 Å². The van der Waals surface area contributed by atoms with E-state index < -0.39 is 0 Å². The molecule has 6 nitrogen and oxygen atoms in total. The summed E-state index contributed by atoms with van der Waals surface area (Å²) >= 11 is 0. The Hall–Kier alpha value is -2.99. The highest BCUT2D eigenvalue weighted by atomic mass is 16.5. The molecule has 1 aliphatic rings. The number of nitrogens with zero attached hydrogens (tertiary/aromatic N) is 2. The van der Waals surface area contributed by atoms with Crippen LogP contribution in [0.2, 0.25) is 0 Å². The molecular weight excluding hydrogens is 342 g/mol. The molecule has 1 aromatic heterocycles. The second-order valence-corrected chi connectivity index (χ2v) is 6.74. The Balaban J connectivity index is 1.39. The maximum absolute atomic E-state index is 12.8. The van der Waals surface area contributed by atoms with Crippen LogP contribution in [-0.4, -0.2) is 40.2 Å². The molecule has 0 unspecified atom stereocenters. The number of H-pyrrole nitrogens is 1. The van der Waals surface area contributed by atoms with Gasteiger partial charge in [0.15, 0.2) is 5.69 Å². The predicted octanol–water partition coefficient (Wildman–Crippen LogP) is 2.74. The van der Waals surface area contributed by atoms with Gasteiger partial charge in [0.05, 0.1) is 18.2 Å². The number of fused-ring (bicyclic) bond motifs is 1. The highest BCUT2D eigenvalue weighted by Crippen LogP contribution is 2.17. The fourth-order valence-corrected chi connectivity index (χ4v) is 3.38. The smallest absolute Gasteiger partial charge is 0.278 e. The number of para-hydroxylation sites is 1. The van der Waals surface area contributed by atoms with E-state index in [0.29, 0.717) is 30.6 Å². The molecule has 4 rings (SSSR count). The molecule has 6 heteroatoms. The molecule has 0 spiro atoms. The van der Waals surface area contributed by atoms with Gasteiger partial charge >= 0.3 is 0 Å². The zero-order chi connectivity index (χ0) is 18.6. The van der Waals surface area contributed by atoms with Gasteiger partial charge < -0.3 is 9.64 Å². The van der Waals surface area contributed by atoms with E-state index in [1.54, 1.807) is 23.1 Å². The molecular formula is C21H21N3O3. The Morgan fingerprint density at radius 1 is 1.07 bits per heavy atom. The Bertz CT molecular complexity index is 992. The minimum Gasteiger partial charge on any atom is -0.373 e. The van der Waals surface area contributed by atoms with Crippen molar-refractivity contribution in [1.29, 1.82) is 0 Å². The lowest BCUT2D eigenvalue weighted by Gasteiger charge is -2.31. The van der Waals surface area contributed by atoms with Crippen molar-refractivity contribution in [3.63, 3.8) is 0 Å². The van der Waals surface area contributed by atoms with Crippen LogP contribution in [0.3, 0.4) is 0 Å². The summed E-state index contributed by atoms with van der Waals surface area (Å²) in [6, 6.07) is 17.1. The van der Waals surface area contributed by atoms with Crippen LogP contribution in [0.15, 0.2) is 59.4 Å². The molecule has 1 saturated heterocycles. The van der Waals surface area contributed by atoms with Crippen LogP contribution in [0, 0.1) is 0 Å². The average molecular weight is 363 g/mol. The van der Waals surface area contributed by atoms with Crippen LogP contribution in [0.5, 0.6) is 0 Å². The van der Waals surface area contributed by atoms with Crippen LogP contribution in [0.25, 0.3) is 10.9 Å². The number of aromatic nitrogens is 2. The molecule has 0 aliphatic carbocycles. The Kier molecular flexibility index (Phi) is 4.98. The first kappa shape index (κ1) is 17.4. The SMILES string of the molecule is O=C(c1n[nH]c2ccccc2c1=O)N1CCC(OCc2ccccc2)CC1. The van der Waals surface area contributed by atoms with E-state index in [9.17, 15) is 9.59 Å². The molecule has 1 N–H and O–H groups in total. The third-order valence-corrected chi connectivity index (χ3v) is 4.94. The van der Waals surface area contributed by atoms with Crippen molar-refractivity contribution in [2.45, 2.75) is 25.6 Å². The minimum atomic E-state index is -0.322. The molecule has 0 atom stereocenters.